The molecule has 0 spiro atoms. The molecule has 4 aromatic rings. The lowest BCUT2D eigenvalue weighted by atomic mass is 9.96. The lowest BCUT2D eigenvalue weighted by molar-refractivity contribution is 0.101. The number of carbonyl (C=O) groups is 1. The highest BCUT2D eigenvalue weighted by Crippen LogP contribution is 2.39. The van der Waals surface area contributed by atoms with Crippen molar-refractivity contribution in [2.75, 3.05) is 0 Å². The Kier molecular flexibility index (Phi) is 3.97. The second-order valence-electron chi connectivity index (χ2n) is 7.81. The van der Waals surface area contributed by atoms with Gasteiger partial charge >= 0.3 is 0 Å². The Balaban J connectivity index is 1.86. The fourth-order valence-corrected chi connectivity index (χ4v) is 4.60. The summed E-state index contributed by atoms with van der Waals surface area (Å²) in [6.45, 7) is 4.78. The molecular weight excluding hydrogens is 344 g/mol. The van der Waals surface area contributed by atoms with Gasteiger partial charge in [-0.05, 0) is 37.3 Å². The first kappa shape index (κ1) is 17.1. The van der Waals surface area contributed by atoms with Gasteiger partial charge in [0, 0.05) is 30.8 Å². The number of nitrogens with zero attached hydrogens (tertiary/aromatic N) is 2. The second kappa shape index (κ2) is 6.52. The standard InChI is InChI=1S/C25H24N2O/c1-17-11-13-20(14-12-17)23-21-10-6-7-15-26-22(19-8-4-3-5-9-19)16-27(25(21)26)24(23)18(2)28/h3-5,8-9,11-14,16H,6-7,10,15H2,1-2H3. The minimum atomic E-state index is 0.120. The molecule has 0 fully saturated rings. The molecule has 0 saturated carbocycles. The molecule has 3 nitrogen and oxygen atoms in total. The normalized spacial score (nSPS) is 13.6. The molecule has 0 N–H and O–H groups in total. The number of rotatable bonds is 3. The first-order valence-corrected chi connectivity index (χ1v) is 10.0. The van der Waals surface area contributed by atoms with Gasteiger partial charge < -0.3 is 4.57 Å². The van der Waals surface area contributed by atoms with Crippen molar-refractivity contribution < 1.29 is 4.79 Å². The summed E-state index contributed by atoms with van der Waals surface area (Å²) in [5.41, 5.74) is 9.21. The number of aromatic nitrogens is 2. The summed E-state index contributed by atoms with van der Waals surface area (Å²) in [6.07, 6.45) is 5.47. The van der Waals surface area contributed by atoms with Gasteiger partial charge in [0.1, 0.15) is 5.65 Å². The van der Waals surface area contributed by atoms with Crippen LogP contribution in [0.15, 0.2) is 60.8 Å². The van der Waals surface area contributed by atoms with E-state index in [1.165, 1.54) is 28.0 Å². The van der Waals surface area contributed by atoms with E-state index in [1.807, 2.05) is 6.07 Å². The molecule has 0 unspecified atom stereocenters. The Morgan fingerprint density at radius 2 is 1.68 bits per heavy atom. The van der Waals surface area contributed by atoms with Crippen LogP contribution in [0.1, 0.15) is 41.4 Å². The van der Waals surface area contributed by atoms with Crippen molar-refractivity contribution in [3.8, 4) is 22.4 Å². The Labute approximate surface area is 165 Å². The van der Waals surface area contributed by atoms with E-state index in [9.17, 15) is 4.79 Å². The summed E-state index contributed by atoms with van der Waals surface area (Å²) in [4.78, 5) is 12.8. The van der Waals surface area contributed by atoms with E-state index < -0.39 is 0 Å². The molecule has 1 aliphatic rings. The van der Waals surface area contributed by atoms with Crippen molar-refractivity contribution in [2.24, 2.45) is 0 Å². The lowest BCUT2D eigenvalue weighted by Gasteiger charge is -2.09. The van der Waals surface area contributed by atoms with Crippen LogP contribution in [0.25, 0.3) is 28.0 Å². The summed E-state index contributed by atoms with van der Waals surface area (Å²) in [7, 11) is 0. The van der Waals surface area contributed by atoms with Gasteiger partial charge in [0.2, 0.25) is 0 Å². The SMILES string of the molecule is CC(=O)c1c(-c2ccc(C)cc2)c2c3n(c(-c4ccccc4)cn13)CCCC2. The maximum absolute atomic E-state index is 12.8. The lowest BCUT2D eigenvalue weighted by Crippen LogP contribution is -2.00. The summed E-state index contributed by atoms with van der Waals surface area (Å²) in [5.74, 6) is 0.120. The minimum Gasteiger partial charge on any atom is -0.325 e. The smallest absolute Gasteiger partial charge is 0.177 e. The number of carbonyl (C=O) groups excluding carboxylic acids is 1. The van der Waals surface area contributed by atoms with E-state index in [0.717, 1.165) is 42.6 Å². The van der Waals surface area contributed by atoms with Crippen LogP contribution in [-0.2, 0) is 13.0 Å². The molecular formula is C25H24N2O. The largest absolute Gasteiger partial charge is 0.325 e. The summed E-state index contributed by atoms with van der Waals surface area (Å²) in [5, 5.41) is 0. The molecule has 140 valence electrons. The molecule has 0 atom stereocenters. The number of ketones is 1. The van der Waals surface area contributed by atoms with Crippen LogP contribution in [-0.4, -0.2) is 14.8 Å². The Bertz CT molecular complexity index is 1180. The summed E-state index contributed by atoms with van der Waals surface area (Å²) < 4.78 is 4.57. The highest BCUT2D eigenvalue weighted by Gasteiger charge is 2.27. The van der Waals surface area contributed by atoms with Crippen LogP contribution < -0.4 is 0 Å². The maximum Gasteiger partial charge on any atom is 0.177 e. The van der Waals surface area contributed by atoms with Crippen LogP contribution >= 0.6 is 0 Å². The molecule has 0 saturated heterocycles. The molecule has 3 heterocycles. The maximum atomic E-state index is 12.8. The van der Waals surface area contributed by atoms with Crippen molar-refractivity contribution in [3.63, 3.8) is 0 Å². The number of hydrogen-bond donors (Lipinski definition) is 0. The molecule has 0 bridgehead atoms. The van der Waals surface area contributed by atoms with Gasteiger partial charge in [0.25, 0.3) is 0 Å². The van der Waals surface area contributed by atoms with E-state index >= 15 is 0 Å². The predicted molar refractivity (Wildman–Crippen MR) is 114 cm³/mol. The van der Waals surface area contributed by atoms with E-state index in [1.54, 1.807) is 6.92 Å². The zero-order valence-electron chi connectivity index (χ0n) is 16.4. The third-order valence-corrected chi connectivity index (χ3v) is 5.88. The fraction of sp³-hybridized carbons (Fsp3) is 0.240. The third-order valence-electron chi connectivity index (χ3n) is 5.88. The van der Waals surface area contributed by atoms with Crippen molar-refractivity contribution in [1.82, 2.24) is 8.97 Å². The van der Waals surface area contributed by atoms with Gasteiger partial charge in [-0.25, -0.2) is 0 Å². The molecule has 0 radical (unpaired) electrons. The van der Waals surface area contributed by atoms with Crippen LogP contribution in [0.4, 0.5) is 0 Å². The molecule has 2 aromatic carbocycles. The zero-order chi connectivity index (χ0) is 19.3. The van der Waals surface area contributed by atoms with Crippen molar-refractivity contribution >= 4 is 11.4 Å². The number of benzene rings is 2. The van der Waals surface area contributed by atoms with Gasteiger partial charge in [-0.15, -0.1) is 0 Å². The molecule has 1 aliphatic heterocycles. The first-order valence-electron chi connectivity index (χ1n) is 10.0. The Morgan fingerprint density at radius 1 is 0.929 bits per heavy atom. The average Bonchev–Trinajstić information content (AvgIpc) is 3.12. The van der Waals surface area contributed by atoms with Gasteiger partial charge in [-0.3, -0.25) is 9.20 Å². The Morgan fingerprint density at radius 3 is 2.39 bits per heavy atom. The third kappa shape index (κ3) is 2.54. The average molecular weight is 368 g/mol. The minimum absolute atomic E-state index is 0.120. The summed E-state index contributed by atoms with van der Waals surface area (Å²) in [6, 6.07) is 19.1. The highest BCUT2D eigenvalue weighted by atomic mass is 16.1. The predicted octanol–water partition coefficient (Wildman–Crippen LogP) is 5.92. The van der Waals surface area contributed by atoms with Gasteiger partial charge in [-0.1, -0.05) is 60.2 Å². The van der Waals surface area contributed by atoms with E-state index in [4.69, 9.17) is 0 Å². The molecule has 2 aromatic heterocycles. The molecule has 28 heavy (non-hydrogen) atoms. The van der Waals surface area contributed by atoms with Crippen LogP contribution in [0.3, 0.4) is 0 Å². The van der Waals surface area contributed by atoms with Crippen molar-refractivity contribution in [2.45, 2.75) is 39.7 Å². The second-order valence-corrected chi connectivity index (χ2v) is 7.81. The highest BCUT2D eigenvalue weighted by molar-refractivity contribution is 6.03. The fourth-order valence-electron chi connectivity index (χ4n) is 4.60. The topological polar surface area (TPSA) is 26.4 Å². The molecule has 3 heteroatoms. The van der Waals surface area contributed by atoms with Crippen LogP contribution in [0.5, 0.6) is 0 Å². The number of hydrogen-bond acceptors (Lipinski definition) is 1. The monoisotopic (exact) mass is 368 g/mol. The molecule has 0 amide bonds. The zero-order valence-corrected chi connectivity index (χ0v) is 16.4. The number of imidazole rings is 1. The Hall–Kier alpha value is -3.07. The van der Waals surface area contributed by atoms with Gasteiger partial charge in [-0.2, -0.15) is 0 Å². The first-order chi connectivity index (χ1) is 13.6. The molecule has 5 rings (SSSR count). The van der Waals surface area contributed by atoms with E-state index in [0.29, 0.717) is 0 Å². The van der Waals surface area contributed by atoms with Crippen LogP contribution in [0, 0.1) is 6.92 Å². The van der Waals surface area contributed by atoms with Gasteiger partial charge in [0.15, 0.2) is 5.78 Å². The van der Waals surface area contributed by atoms with E-state index in [-0.39, 0.29) is 5.78 Å². The quantitative estimate of drug-likeness (QED) is 0.412. The van der Waals surface area contributed by atoms with Crippen molar-refractivity contribution in [3.05, 3.63) is 77.6 Å². The summed E-state index contributed by atoms with van der Waals surface area (Å²) >= 11 is 0. The number of Topliss-reactive ketones (excluding diaryl/α,β-unsaturated/α-hetero) is 1. The molecule has 0 aliphatic carbocycles. The van der Waals surface area contributed by atoms with Crippen molar-refractivity contribution in [1.29, 1.82) is 0 Å². The van der Waals surface area contributed by atoms with E-state index in [2.05, 4.69) is 70.6 Å². The van der Waals surface area contributed by atoms with Gasteiger partial charge in [0.05, 0.1) is 11.4 Å². The number of aryl methyl sites for hydroxylation is 3. The van der Waals surface area contributed by atoms with Crippen LogP contribution in [0.2, 0.25) is 0 Å².